The van der Waals surface area contributed by atoms with Gasteiger partial charge in [0.1, 0.15) is 6.20 Å². The minimum absolute atomic E-state index is 0.176. The Balaban J connectivity index is 3.08. The van der Waals surface area contributed by atoms with Gasteiger partial charge in [-0.25, -0.2) is 0 Å². The molecule has 0 unspecified atom stereocenters. The molecule has 0 fully saturated rings. The fourth-order valence-corrected chi connectivity index (χ4v) is 0.388. The highest BCUT2D eigenvalue weighted by molar-refractivity contribution is 6.28. The van der Waals surface area contributed by atoms with E-state index in [9.17, 15) is 4.39 Å². The van der Waals surface area contributed by atoms with Crippen LogP contribution in [-0.2, 0) is 0 Å². The summed E-state index contributed by atoms with van der Waals surface area (Å²) >= 11 is 5.12. The van der Waals surface area contributed by atoms with E-state index in [0.717, 1.165) is 6.20 Å². The van der Waals surface area contributed by atoms with E-state index in [0.29, 0.717) is 0 Å². The number of halogens is 2. The van der Waals surface area contributed by atoms with Gasteiger partial charge in [0.2, 0.25) is 11.2 Å². The summed E-state index contributed by atoms with van der Waals surface area (Å²) in [6, 6.07) is 0. The van der Waals surface area contributed by atoms with Crippen LogP contribution in [0.1, 0.15) is 0 Å². The zero-order valence-electron chi connectivity index (χ0n) is 3.67. The Morgan fingerprint density at radius 2 is 2.38 bits per heavy atom. The first-order valence-corrected chi connectivity index (χ1v) is 2.17. The molecule has 0 saturated carbocycles. The standard InChI is InChI=1S/C3HClFN3/c4-3-7-2(5)1-6-8-3/h1H. The summed E-state index contributed by atoms with van der Waals surface area (Å²) in [6.07, 6.45) is 0.881. The molecule has 0 amide bonds. The van der Waals surface area contributed by atoms with Gasteiger partial charge >= 0.3 is 0 Å². The molecule has 0 aliphatic rings. The Bertz CT molecular complexity index is 174. The van der Waals surface area contributed by atoms with Crippen LogP contribution >= 0.6 is 11.6 Å². The van der Waals surface area contributed by atoms with Gasteiger partial charge in [0.25, 0.3) is 0 Å². The number of hydrogen-bond donors (Lipinski definition) is 0. The van der Waals surface area contributed by atoms with Crippen molar-refractivity contribution in [2.45, 2.75) is 0 Å². The predicted octanol–water partition coefficient (Wildman–Crippen LogP) is 0.664. The summed E-state index contributed by atoms with van der Waals surface area (Å²) in [5, 5.41) is 6.19. The maximum atomic E-state index is 11.9. The Kier molecular flexibility index (Phi) is 1.34. The van der Waals surface area contributed by atoms with Crippen molar-refractivity contribution in [2.24, 2.45) is 0 Å². The fourth-order valence-electron chi connectivity index (χ4n) is 0.264. The van der Waals surface area contributed by atoms with Crippen molar-refractivity contribution < 1.29 is 4.39 Å². The van der Waals surface area contributed by atoms with E-state index < -0.39 is 5.95 Å². The van der Waals surface area contributed by atoms with E-state index in [1.165, 1.54) is 0 Å². The lowest BCUT2D eigenvalue weighted by atomic mass is 10.9. The average Bonchev–Trinajstić information content (AvgIpc) is 1.64. The van der Waals surface area contributed by atoms with E-state index in [4.69, 9.17) is 11.6 Å². The van der Waals surface area contributed by atoms with Crippen molar-refractivity contribution in [3.63, 3.8) is 0 Å². The van der Waals surface area contributed by atoms with E-state index in [1.54, 1.807) is 0 Å². The highest BCUT2D eigenvalue weighted by Gasteiger charge is 1.91. The molecule has 0 aliphatic carbocycles. The molecule has 1 aromatic heterocycles. The van der Waals surface area contributed by atoms with E-state index in [-0.39, 0.29) is 5.28 Å². The van der Waals surface area contributed by atoms with Gasteiger partial charge in [0.15, 0.2) is 0 Å². The lowest BCUT2D eigenvalue weighted by Crippen LogP contribution is -1.88. The normalized spacial score (nSPS) is 9.25. The molecule has 3 nitrogen and oxygen atoms in total. The van der Waals surface area contributed by atoms with Crippen LogP contribution in [0.3, 0.4) is 0 Å². The van der Waals surface area contributed by atoms with Gasteiger partial charge in [-0.05, 0) is 11.6 Å². The maximum absolute atomic E-state index is 11.9. The van der Waals surface area contributed by atoms with Crippen molar-refractivity contribution in [3.8, 4) is 0 Å². The summed E-state index contributed by atoms with van der Waals surface area (Å²) in [7, 11) is 0. The number of hydrogen-bond acceptors (Lipinski definition) is 3. The van der Waals surface area contributed by atoms with Gasteiger partial charge in [0.05, 0.1) is 0 Å². The molecule has 42 valence electrons. The average molecular weight is 134 g/mol. The van der Waals surface area contributed by atoms with Gasteiger partial charge in [-0.3, -0.25) is 0 Å². The molecule has 1 rings (SSSR count). The molecule has 8 heavy (non-hydrogen) atoms. The molecular weight excluding hydrogens is 133 g/mol. The second-order valence-corrected chi connectivity index (χ2v) is 1.39. The Morgan fingerprint density at radius 1 is 1.62 bits per heavy atom. The first-order valence-electron chi connectivity index (χ1n) is 1.80. The van der Waals surface area contributed by atoms with Gasteiger partial charge in [-0.1, -0.05) is 0 Å². The smallest absolute Gasteiger partial charge is 0.186 e. The third-order valence-electron chi connectivity index (χ3n) is 0.504. The molecular formula is C3HClFN3. The van der Waals surface area contributed by atoms with Crippen molar-refractivity contribution in [1.29, 1.82) is 0 Å². The molecule has 0 aliphatic heterocycles. The van der Waals surface area contributed by atoms with Crippen molar-refractivity contribution in [1.82, 2.24) is 15.2 Å². The first-order chi connectivity index (χ1) is 3.79. The van der Waals surface area contributed by atoms with Crippen molar-refractivity contribution >= 4 is 11.6 Å². The minimum Gasteiger partial charge on any atom is -0.186 e. The highest BCUT2D eigenvalue weighted by Crippen LogP contribution is 1.94. The lowest BCUT2D eigenvalue weighted by Gasteiger charge is -1.82. The molecule has 0 atom stereocenters. The predicted molar refractivity (Wildman–Crippen MR) is 24.8 cm³/mol. The summed E-state index contributed by atoms with van der Waals surface area (Å²) in [5.41, 5.74) is 0. The van der Waals surface area contributed by atoms with E-state index >= 15 is 0 Å². The number of rotatable bonds is 0. The van der Waals surface area contributed by atoms with Crippen LogP contribution < -0.4 is 0 Å². The van der Waals surface area contributed by atoms with Crippen LogP contribution in [-0.4, -0.2) is 15.2 Å². The fraction of sp³-hybridized carbons (Fsp3) is 0. The highest BCUT2D eigenvalue weighted by atomic mass is 35.5. The lowest BCUT2D eigenvalue weighted by molar-refractivity contribution is 0.567. The van der Waals surface area contributed by atoms with Crippen molar-refractivity contribution in [3.05, 3.63) is 17.4 Å². The molecule has 0 aromatic carbocycles. The van der Waals surface area contributed by atoms with Crippen LogP contribution in [0, 0.1) is 5.95 Å². The Labute approximate surface area is 49.5 Å². The van der Waals surface area contributed by atoms with Gasteiger partial charge in [-0.15, -0.1) is 5.10 Å². The molecule has 0 radical (unpaired) electrons. The molecule has 1 heterocycles. The maximum Gasteiger partial charge on any atom is 0.245 e. The van der Waals surface area contributed by atoms with Gasteiger partial charge in [-0.2, -0.15) is 14.5 Å². The van der Waals surface area contributed by atoms with Crippen LogP contribution in [0.5, 0.6) is 0 Å². The summed E-state index contributed by atoms with van der Waals surface area (Å²) in [6.45, 7) is 0. The molecule has 5 heteroatoms. The van der Waals surface area contributed by atoms with Crippen LogP contribution in [0.2, 0.25) is 5.28 Å². The third kappa shape index (κ3) is 1.10. The van der Waals surface area contributed by atoms with E-state index in [1.807, 2.05) is 0 Å². The summed E-state index contributed by atoms with van der Waals surface area (Å²) in [5.74, 6) is -0.718. The summed E-state index contributed by atoms with van der Waals surface area (Å²) in [4.78, 5) is 3.10. The van der Waals surface area contributed by atoms with Crippen molar-refractivity contribution in [2.75, 3.05) is 0 Å². The van der Waals surface area contributed by atoms with Crippen LogP contribution in [0.15, 0.2) is 6.20 Å². The second kappa shape index (κ2) is 2.00. The molecule has 0 N–H and O–H groups in total. The number of aromatic nitrogens is 3. The molecule has 1 aromatic rings. The van der Waals surface area contributed by atoms with Gasteiger partial charge < -0.3 is 0 Å². The second-order valence-electron chi connectivity index (χ2n) is 1.05. The first kappa shape index (κ1) is 5.37. The number of nitrogens with zero attached hydrogens (tertiary/aromatic N) is 3. The Hall–Kier alpha value is -0.770. The molecule has 0 bridgehead atoms. The monoisotopic (exact) mass is 133 g/mol. The zero-order valence-corrected chi connectivity index (χ0v) is 4.43. The quantitative estimate of drug-likeness (QED) is 0.522. The topological polar surface area (TPSA) is 38.7 Å². The van der Waals surface area contributed by atoms with Crippen LogP contribution in [0.4, 0.5) is 4.39 Å². The largest absolute Gasteiger partial charge is 0.245 e. The van der Waals surface area contributed by atoms with Crippen LogP contribution in [0.25, 0.3) is 0 Å². The SMILES string of the molecule is Fc1cnnc(Cl)n1. The molecule has 0 spiro atoms. The molecule has 0 saturated heterocycles. The Morgan fingerprint density at radius 3 is 2.75 bits per heavy atom. The summed E-state index contributed by atoms with van der Waals surface area (Å²) < 4.78 is 11.9. The minimum atomic E-state index is -0.718. The third-order valence-corrected chi connectivity index (χ3v) is 0.664. The van der Waals surface area contributed by atoms with Gasteiger partial charge in [0, 0.05) is 0 Å². The van der Waals surface area contributed by atoms with E-state index in [2.05, 4.69) is 15.2 Å². The zero-order chi connectivity index (χ0) is 5.98.